The molecule has 0 aliphatic rings. The van der Waals surface area contributed by atoms with Gasteiger partial charge in [-0.3, -0.25) is 0 Å². The van der Waals surface area contributed by atoms with Gasteiger partial charge in [-0.15, -0.1) is 0 Å². The number of halogens is 1. The maximum Gasteiger partial charge on any atom is 0.358 e. The predicted octanol–water partition coefficient (Wildman–Crippen LogP) is 5.01. The first-order valence-electron chi connectivity index (χ1n) is 10.9. The lowest BCUT2D eigenvalue weighted by molar-refractivity contribution is -0.599. The molecule has 160 valence electrons. The highest BCUT2D eigenvalue weighted by molar-refractivity contribution is 5.39. The molecule has 0 N–H and O–H groups in total. The zero-order chi connectivity index (χ0) is 22.4. The van der Waals surface area contributed by atoms with Gasteiger partial charge < -0.3 is 0 Å². The van der Waals surface area contributed by atoms with E-state index in [1.807, 2.05) is 0 Å². The van der Waals surface area contributed by atoms with Crippen LogP contribution in [0.5, 0.6) is 0 Å². The highest BCUT2D eigenvalue weighted by atomic mass is 127. The van der Waals surface area contributed by atoms with Crippen molar-refractivity contribution in [3.8, 4) is 0 Å². The lowest BCUT2D eigenvalue weighted by atomic mass is 9.75. The fraction of sp³-hybridized carbons (Fsp3) is 0.571. The molecular formula is C28H42I+. The van der Waals surface area contributed by atoms with Gasteiger partial charge in [0.1, 0.15) is 0 Å². The third-order valence-electron chi connectivity index (χ3n) is 5.35. The molecule has 0 spiro atoms. The molecule has 0 aliphatic carbocycles. The Hall–Kier alpha value is -0.830. The van der Waals surface area contributed by atoms with E-state index in [9.17, 15) is 0 Å². The second-order valence-electron chi connectivity index (χ2n) is 12.4. The second kappa shape index (κ2) is 8.02. The molecule has 0 saturated carbocycles. The van der Waals surface area contributed by atoms with Gasteiger partial charge in [0, 0.05) is 11.1 Å². The molecule has 0 atom stereocenters. The van der Waals surface area contributed by atoms with Crippen LogP contribution in [0.1, 0.15) is 105 Å². The fourth-order valence-corrected chi connectivity index (χ4v) is 8.23. The van der Waals surface area contributed by atoms with Gasteiger partial charge in [0.05, 0.1) is 0 Å². The minimum atomic E-state index is -0.277. The van der Waals surface area contributed by atoms with Crippen LogP contribution < -0.4 is 21.2 Å². The number of rotatable bonds is 2. The van der Waals surface area contributed by atoms with Gasteiger partial charge in [-0.25, -0.2) is 0 Å². The largest absolute Gasteiger partial charge is 0.358 e. The molecule has 2 aromatic carbocycles. The molecule has 2 rings (SSSR count). The van der Waals surface area contributed by atoms with Gasteiger partial charge in [0.15, 0.2) is 7.14 Å². The number of hydrogen-bond acceptors (Lipinski definition) is 0. The van der Waals surface area contributed by atoms with Crippen molar-refractivity contribution in [3.05, 3.63) is 65.8 Å². The Morgan fingerprint density at radius 3 is 1.00 bits per heavy atom. The summed E-state index contributed by atoms with van der Waals surface area (Å²) in [6, 6.07) is 14.1. The van der Waals surface area contributed by atoms with Crippen molar-refractivity contribution >= 4 is 0 Å². The van der Waals surface area contributed by atoms with Gasteiger partial charge in [-0.2, -0.15) is 0 Å². The molecule has 0 radical (unpaired) electrons. The van der Waals surface area contributed by atoms with Gasteiger partial charge >= 0.3 is 21.2 Å². The van der Waals surface area contributed by atoms with Gasteiger partial charge in [0.25, 0.3) is 0 Å². The Kier molecular flexibility index (Phi) is 6.76. The Bertz CT molecular complexity index is 786. The van der Waals surface area contributed by atoms with Crippen molar-refractivity contribution in [2.24, 2.45) is 0 Å². The molecule has 0 amide bonds. The predicted molar refractivity (Wildman–Crippen MR) is 125 cm³/mol. The maximum atomic E-state index is 2.40. The molecule has 0 aliphatic heterocycles. The van der Waals surface area contributed by atoms with E-state index in [0.29, 0.717) is 0 Å². The molecule has 0 saturated heterocycles. The average molecular weight is 506 g/mol. The van der Waals surface area contributed by atoms with Crippen LogP contribution in [-0.4, -0.2) is 0 Å². The first-order chi connectivity index (χ1) is 12.9. The Balaban J connectivity index is 2.77. The lowest BCUT2D eigenvalue weighted by Crippen LogP contribution is -3.62. The Morgan fingerprint density at radius 1 is 0.448 bits per heavy atom. The molecule has 0 unspecified atom stereocenters. The lowest BCUT2D eigenvalue weighted by Gasteiger charge is -2.31. The normalized spacial score (nSPS) is 13.7. The monoisotopic (exact) mass is 505 g/mol. The molecule has 0 bridgehead atoms. The van der Waals surface area contributed by atoms with Crippen LogP contribution in [-0.2, 0) is 21.7 Å². The summed E-state index contributed by atoms with van der Waals surface area (Å²) < 4.78 is 3.17. The summed E-state index contributed by atoms with van der Waals surface area (Å²) in [6.45, 7) is 28.3. The maximum absolute atomic E-state index is 2.40. The molecule has 0 aromatic heterocycles. The molecule has 0 nitrogen and oxygen atoms in total. The number of hydrogen-bond donors (Lipinski definition) is 0. The summed E-state index contributed by atoms with van der Waals surface area (Å²) >= 11 is -0.277. The van der Waals surface area contributed by atoms with Crippen LogP contribution in [0, 0.1) is 7.14 Å². The Morgan fingerprint density at radius 2 is 0.759 bits per heavy atom. The van der Waals surface area contributed by atoms with E-state index in [-0.39, 0.29) is 42.9 Å². The standard InChI is InChI=1S/C28H42I/c1-25(2,3)19-15-13-17-21(23(19)27(7,8)9)29-22-18-14-16-20(26(4,5)6)24(22)28(10,11)12/h13-18H,1-12H3/q+1. The summed E-state index contributed by atoms with van der Waals surface area (Å²) in [6.07, 6.45) is 0. The molecular weight excluding hydrogens is 463 g/mol. The van der Waals surface area contributed by atoms with Crippen molar-refractivity contribution < 1.29 is 21.2 Å². The minimum absolute atomic E-state index is 0.141. The fourth-order valence-electron chi connectivity index (χ4n) is 4.09. The van der Waals surface area contributed by atoms with E-state index < -0.39 is 0 Å². The number of benzene rings is 2. The van der Waals surface area contributed by atoms with Crippen LogP contribution in [0.3, 0.4) is 0 Å². The van der Waals surface area contributed by atoms with E-state index in [0.717, 1.165) is 0 Å². The van der Waals surface area contributed by atoms with Crippen molar-refractivity contribution in [3.63, 3.8) is 0 Å². The van der Waals surface area contributed by atoms with E-state index >= 15 is 0 Å². The average Bonchev–Trinajstić information content (AvgIpc) is 2.50. The summed E-state index contributed by atoms with van der Waals surface area (Å²) in [4.78, 5) is 0. The van der Waals surface area contributed by atoms with Crippen molar-refractivity contribution in [1.29, 1.82) is 0 Å². The van der Waals surface area contributed by atoms with E-state index in [1.54, 1.807) is 18.3 Å². The zero-order valence-corrected chi connectivity index (χ0v) is 23.0. The summed E-state index contributed by atoms with van der Waals surface area (Å²) in [5, 5.41) is 0. The zero-order valence-electron chi connectivity index (χ0n) is 20.8. The SMILES string of the molecule is CC(C)(C)c1cccc([I+]c2cccc(C(C)(C)C)c2C(C)(C)C)c1C(C)(C)C. The molecule has 0 heterocycles. The third kappa shape index (κ3) is 5.66. The van der Waals surface area contributed by atoms with Gasteiger partial charge in [-0.1, -0.05) is 107 Å². The van der Waals surface area contributed by atoms with Crippen LogP contribution >= 0.6 is 0 Å². The van der Waals surface area contributed by atoms with Crippen LogP contribution in [0.15, 0.2) is 36.4 Å². The van der Waals surface area contributed by atoms with Crippen LogP contribution in [0.2, 0.25) is 0 Å². The van der Waals surface area contributed by atoms with Crippen molar-refractivity contribution in [2.45, 2.75) is 105 Å². The molecule has 29 heavy (non-hydrogen) atoms. The first-order valence-corrected chi connectivity index (χ1v) is 13.0. The van der Waals surface area contributed by atoms with E-state index in [1.165, 1.54) is 11.1 Å². The van der Waals surface area contributed by atoms with E-state index in [4.69, 9.17) is 0 Å². The smallest absolute Gasteiger partial charge is 0.0579 e. The summed E-state index contributed by atoms with van der Waals surface area (Å²) in [7, 11) is 0. The highest BCUT2D eigenvalue weighted by Gasteiger charge is 2.37. The topological polar surface area (TPSA) is 0 Å². The van der Waals surface area contributed by atoms with Crippen molar-refractivity contribution in [1.82, 2.24) is 0 Å². The quantitative estimate of drug-likeness (QED) is 0.504. The van der Waals surface area contributed by atoms with Crippen LogP contribution in [0.25, 0.3) is 0 Å². The summed E-state index contributed by atoms with van der Waals surface area (Å²) in [5.41, 5.74) is 6.75. The van der Waals surface area contributed by atoms with Gasteiger partial charge in [-0.05, 0) is 44.9 Å². The molecule has 0 fully saturated rings. The Labute approximate surface area is 191 Å². The second-order valence-corrected chi connectivity index (χ2v) is 15.3. The van der Waals surface area contributed by atoms with E-state index in [2.05, 4.69) is 119 Å². The minimum Gasteiger partial charge on any atom is -0.0579 e. The van der Waals surface area contributed by atoms with Gasteiger partial charge in [0.2, 0.25) is 0 Å². The van der Waals surface area contributed by atoms with Crippen LogP contribution in [0.4, 0.5) is 0 Å². The molecule has 2 aromatic rings. The highest BCUT2D eigenvalue weighted by Crippen LogP contribution is 2.35. The third-order valence-corrected chi connectivity index (χ3v) is 8.31. The summed E-state index contributed by atoms with van der Waals surface area (Å²) in [5.74, 6) is 0. The first kappa shape index (κ1) is 24.4. The molecule has 1 heteroatoms. The van der Waals surface area contributed by atoms with Crippen molar-refractivity contribution in [2.75, 3.05) is 0 Å².